The van der Waals surface area contributed by atoms with Crippen LogP contribution in [0.4, 0.5) is 5.82 Å². The molecule has 96 valence electrons. The predicted molar refractivity (Wildman–Crippen MR) is 72.6 cm³/mol. The van der Waals surface area contributed by atoms with Gasteiger partial charge in [0, 0.05) is 18.0 Å². The van der Waals surface area contributed by atoms with Crippen molar-refractivity contribution in [1.29, 1.82) is 0 Å². The van der Waals surface area contributed by atoms with E-state index in [1.165, 1.54) is 0 Å². The van der Waals surface area contributed by atoms with Gasteiger partial charge in [-0.3, -0.25) is 0 Å². The number of rotatable bonds is 3. The topological polar surface area (TPSA) is 51.0 Å². The summed E-state index contributed by atoms with van der Waals surface area (Å²) in [7, 11) is 0. The molecule has 2 aromatic rings. The summed E-state index contributed by atoms with van der Waals surface area (Å²) < 4.78 is 5.40. The third kappa shape index (κ3) is 2.70. The lowest BCUT2D eigenvalue weighted by atomic mass is 9.95. The van der Waals surface area contributed by atoms with Crippen molar-refractivity contribution in [2.45, 2.75) is 33.1 Å². The van der Waals surface area contributed by atoms with Crippen LogP contribution in [0.1, 0.15) is 33.5 Å². The number of hydrogen-bond donors (Lipinski definition) is 1. The molecule has 0 unspecified atom stereocenters. The van der Waals surface area contributed by atoms with E-state index >= 15 is 0 Å². The zero-order valence-corrected chi connectivity index (χ0v) is 11.3. The lowest BCUT2D eigenvalue weighted by Gasteiger charge is -2.18. The molecule has 0 aliphatic rings. The van der Waals surface area contributed by atoms with Crippen LogP contribution in [0.25, 0.3) is 11.5 Å². The minimum Gasteiger partial charge on any atom is -0.463 e. The lowest BCUT2D eigenvalue weighted by Crippen LogP contribution is -2.17. The summed E-state index contributed by atoms with van der Waals surface area (Å²) >= 11 is 0. The Hall–Kier alpha value is -1.84. The van der Waals surface area contributed by atoms with E-state index < -0.39 is 0 Å². The summed E-state index contributed by atoms with van der Waals surface area (Å²) in [6.07, 6.45) is 1.65. The zero-order valence-electron chi connectivity index (χ0n) is 11.3. The normalized spacial score (nSPS) is 11.6. The van der Waals surface area contributed by atoms with E-state index in [0.29, 0.717) is 0 Å². The molecule has 0 atom stereocenters. The van der Waals surface area contributed by atoms with Crippen LogP contribution in [0.3, 0.4) is 0 Å². The highest BCUT2D eigenvalue weighted by Crippen LogP contribution is 2.25. The van der Waals surface area contributed by atoms with Crippen molar-refractivity contribution in [3.8, 4) is 11.5 Å². The molecule has 0 spiro atoms. The molecule has 4 nitrogen and oxygen atoms in total. The molecule has 0 aromatic carbocycles. The third-order valence-corrected chi connectivity index (χ3v) is 2.53. The van der Waals surface area contributed by atoms with Crippen LogP contribution in [-0.4, -0.2) is 16.5 Å². The SMILES string of the molecule is CCNc1cc(-c2ccco2)nc(C(C)(C)C)n1. The Kier molecular flexibility index (Phi) is 3.36. The average Bonchev–Trinajstić information content (AvgIpc) is 2.81. The number of anilines is 1. The molecule has 0 bridgehead atoms. The molecule has 0 saturated carbocycles. The minimum atomic E-state index is -0.0905. The van der Waals surface area contributed by atoms with Crippen LogP contribution in [-0.2, 0) is 5.41 Å². The van der Waals surface area contributed by atoms with Gasteiger partial charge >= 0.3 is 0 Å². The molecular weight excluding hydrogens is 226 g/mol. The maximum absolute atomic E-state index is 5.40. The highest BCUT2D eigenvalue weighted by molar-refractivity contribution is 5.57. The Morgan fingerprint density at radius 2 is 2.06 bits per heavy atom. The van der Waals surface area contributed by atoms with Crippen LogP contribution >= 0.6 is 0 Å². The largest absolute Gasteiger partial charge is 0.463 e. The van der Waals surface area contributed by atoms with E-state index in [4.69, 9.17) is 4.42 Å². The molecular formula is C14H19N3O. The molecule has 2 rings (SSSR count). The van der Waals surface area contributed by atoms with Gasteiger partial charge in [0.05, 0.1) is 6.26 Å². The number of nitrogens with one attached hydrogen (secondary N) is 1. The number of furan rings is 1. The standard InChI is InChI=1S/C14H19N3O/c1-5-15-12-9-10(11-7-6-8-18-11)16-13(17-12)14(2,3)4/h6-9H,5H2,1-4H3,(H,15,16,17). The summed E-state index contributed by atoms with van der Waals surface area (Å²) in [5, 5.41) is 3.23. The predicted octanol–water partition coefficient (Wildman–Crippen LogP) is 3.47. The van der Waals surface area contributed by atoms with E-state index in [9.17, 15) is 0 Å². The molecule has 2 aromatic heterocycles. The second kappa shape index (κ2) is 4.80. The van der Waals surface area contributed by atoms with Gasteiger partial charge in [-0.25, -0.2) is 9.97 Å². The van der Waals surface area contributed by atoms with Crippen LogP contribution in [0.5, 0.6) is 0 Å². The van der Waals surface area contributed by atoms with Crippen LogP contribution < -0.4 is 5.32 Å². The number of hydrogen-bond acceptors (Lipinski definition) is 4. The van der Waals surface area contributed by atoms with E-state index in [0.717, 1.165) is 29.6 Å². The van der Waals surface area contributed by atoms with Crippen molar-refractivity contribution in [1.82, 2.24) is 9.97 Å². The Morgan fingerprint density at radius 3 is 2.61 bits per heavy atom. The fraction of sp³-hybridized carbons (Fsp3) is 0.429. The van der Waals surface area contributed by atoms with Gasteiger partial charge in [-0.2, -0.15) is 0 Å². The Labute approximate surface area is 107 Å². The Morgan fingerprint density at radius 1 is 1.28 bits per heavy atom. The third-order valence-electron chi connectivity index (χ3n) is 2.53. The van der Waals surface area contributed by atoms with E-state index in [1.807, 2.05) is 25.1 Å². The van der Waals surface area contributed by atoms with Gasteiger partial charge in [0.25, 0.3) is 0 Å². The Bertz CT molecular complexity index is 512. The second-order valence-corrected chi connectivity index (χ2v) is 5.22. The maximum Gasteiger partial charge on any atom is 0.152 e. The molecule has 4 heteroatoms. The second-order valence-electron chi connectivity index (χ2n) is 5.22. The van der Waals surface area contributed by atoms with Crippen molar-refractivity contribution in [3.63, 3.8) is 0 Å². The highest BCUT2D eigenvalue weighted by Gasteiger charge is 2.20. The molecule has 18 heavy (non-hydrogen) atoms. The summed E-state index contributed by atoms with van der Waals surface area (Å²) in [5.41, 5.74) is 0.725. The van der Waals surface area contributed by atoms with Crippen molar-refractivity contribution in [2.75, 3.05) is 11.9 Å². The first-order valence-corrected chi connectivity index (χ1v) is 6.18. The molecule has 0 amide bonds. The first-order chi connectivity index (χ1) is 8.50. The van der Waals surface area contributed by atoms with Crippen molar-refractivity contribution >= 4 is 5.82 Å². The zero-order chi connectivity index (χ0) is 13.2. The summed E-state index contributed by atoms with van der Waals surface area (Å²) in [5.74, 6) is 2.42. The molecule has 1 N–H and O–H groups in total. The number of aromatic nitrogens is 2. The quantitative estimate of drug-likeness (QED) is 0.899. The summed E-state index contributed by atoms with van der Waals surface area (Å²) in [6, 6.07) is 5.68. The first-order valence-electron chi connectivity index (χ1n) is 6.18. The maximum atomic E-state index is 5.40. The molecule has 0 aliphatic carbocycles. The lowest BCUT2D eigenvalue weighted by molar-refractivity contribution is 0.541. The summed E-state index contributed by atoms with van der Waals surface area (Å²) in [6.45, 7) is 9.18. The van der Waals surface area contributed by atoms with Crippen LogP contribution in [0.2, 0.25) is 0 Å². The number of nitrogens with zero attached hydrogens (tertiary/aromatic N) is 2. The smallest absolute Gasteiger partial charge is 0.152 e. The van der Waals surface area contributed by atoms with Crippen molar-refractivity contribution in [3.05, 3.63) is 30.3 Å². The highest BCUT2D eigenvalue weighted by atomic mass is 16.3. The monoisotopic (exact) mass is 245 g/mol. The van der Waals surface area contributed by atoms with Gasteiger partial charge in [0.1, 0.15) is 17.3 Å². The van der Waals surface area contributed by atoms with Gasteiger partial charge in [0.15, 0.2) is 5.76 Å². The molecule has 0 fully saturated rings. The van der Waals surface area contributed by atoms with Crippen LogP contribution in [0, 0.1) is 0 Å². The van der Waals surface area contributed by atoms with E-state index in [1.54, 1.807) is 6.26 Å². The fourth-order valence-corrected chi connectivity index (χ4v) is 1.60. The van der Waals surface area contributed by atoms with Gasteiger partial charge in [-0.15, -0.1) is 0 Å². The molecule has 0 saturated heterocycles. The minimum absolute atomic E-state index is 0.0905. The molecule has 2 heterocycles. The van der Waals surface area contributed by atoms with Gasteiger partial charge in [-0.1, -0.05) is 20.8 Å². The summed E-state index contributed by atoms with van der Waals surface area (Å²) in [4.78, 5) is 9.12. The fourth-order valence-electron chi connectivity index (χ4n) is 1.60. The molecule has 0 radical (unpaired) electrons. The van der Waals surface area contributed by atoms with Crippen molar-refractivity contribution in [2.24, 2.45) is 0 Å². The van der Waals surface area contributed by atoms with Gasteiger partial charge < -0.3 is 9.73 Å². The van der Waals surface area contributed by atoms with Gasteiger partial charge in [0.2, 0.25) is 0 Å². The van der Waals surface area contributed by atoms with Crippen molar-refractivity contribution < 1.29 is 4.42 Å². The Balaban J connectivity index is 2.50. The van der Waals surface area contributed by atoms with E-state index in [-0.39, 0.29) is 5.41 Å². The van der Waals surface area contributed by atoms with Gasteiger partial charge in [-0.05, 0) is 19.1 Å². The first kappa shape index (κ1) is 12.6. The van der Waals surface area contributed by atoms with E-state index in [2.05, 4.69) is 36.1 Å². The van der Waals surface area contributed by atoms with Crippen LogP contribution in [0.15, 0.2) is 28.9 Å². The molecule has 0 aliphatic heterocycles. The average molecular weight is 245 g/mol.